The maximum Gasteiger partial charge on any atom is 0.248 e. The number of carbonyl (C=O) groups is 1. The van der Waals surface area contributed by atoms with Gasteiger partial charge in [-0.05, 0) is 68.5 Å². The smallest absolute Gasteiger partial charge is 0.248 e. The fourth-order valence-corrected chi connectivity index (χ4v) is 3.38. The van der Waals surface area contributed by atoms with Crippen molar-refractivity contribution >= 4 is 39.9 Å². The van der Waals surface area contributed by atoms with Crippen LogP contribution in [0.25, 0.3) is 16.5 Å². The minimum Gasteiger partial charge on any atom is -0.496 e. The first-order valence-electron chi connectivity index (χ1n) is 8.64. The van der Waals surface area contributed by atoms with Crippen LogP contribution in [0.4, 0.5) is 5.69 Å². The lowest BCUT2D eigenvalue weighted by Crippen LogP contribution is -2.08. The molecular weight excluding hydrogens is 358 g/mol. The Bertz CT molecular complexity index is 1020. The highest BCUT2D eigenvalue weighted by Crippen LogP contribution is 2.34. The summed E-state index contributed by atoms with van der Waals surface area (Å²) in [5, 5.41) is 3.93. The first kappa shape index (κ1) is 19.1. The molecule has 0 saturated heterocycles. The molecule has 0 unspecified atom stereocenters. The molecule has 0 radical (unpaired) electrons. The van der Waals surface area contributed by atoms with Gasteiger partial charge < -0.3 is 14.5 Å². The Morgan fingerprint density at radius 3 is 2.52 bits per heavy atom. The lowest BCUT2D eigenvalue weighted by molar-refractivity contribution is -0.111. The van der Waals surface area contributed by atoms with Crippen LogP contribution in [0.1, 0.15) is 23.8 Å². The summed E-state index contributed by atoms with van der Waals surface area (Å²) in [5.41, 5.74) is 4.36. The number of thioether (sulfide) groups is 1. The number of amides is 1. The van der Waals surface area contributed by atoms with Crippen molar-refractivity contribution in [1.82, 2.24) is 0 Å². The number of anilines is 1. The molecule has 1 N–H and O–H groups in total. The highest BCUT2D eigenvalue weighted by molar-refractivity contribution is 7.98. The van der Waals surface area contributed by atoms with Crippen molar-refractivity contribution in [1.29, 1.82) is 0 Å². The molecule has 0 fully saturated rings. The molecule has 3 aromatic rings. The molecule has 1 heterocycles. The van der Waals surface area contributed by atoms with Crippen LogP contribution in [0.5, 0.6) is 5.75 Å². The second kappa shape index (κ2) is 7.92. The number of hydrogen-bond acceptors (Lipinski definition) is 4. The molecule has 0 aliphatic rings. The Morgan fingerprint density at radius 2 is 1.89 bits per heavy atom. The monoisotopic (exact) mass is 381 g/mol. The minimum absolute atomic E-state index is 0.174. The molecule has 1 amide bonds. The van der Waals surface area contributed by atoms with E-state index in [-0.39, 0.29) is 5.91 Å². The van der Waals surface area contributed by atoms with Gasteiger partial charge in [-0.25, -0.2) is 0 Å². The van der Waals surface area contributed by atoms with E-state index < -0.39 is 0 Å². The summed E-state index contributed by atoms with van der Waals surface area (Å²) in [7, 11) is 1.62. The van der Waals surface area contributed by atoms with Crippen molar-refractivity contribution in [2.24, 2.45) is 0 Å². The van der Waals surface area contributed by atoms with Gasteiger partial charge >= 0.3 is 0 Å². The van der Waals surface area contributed by atoms with Gasteiger partial charge in [0.2, 0.25) is 5.91 Å². The van der Waals surface area contributed by atoms with E-state index in [4.69, 9.17) is 9.15 Å². The van der Waals surface area contributed by atoms with Crippen LogP contribution < -0.4 is 10.1 Å². The Labute approximate surface area is 163 Å². The summed E-state index contributed by atoms with van der Waals surface area (Å²) >= 11 is 1.67. The molecule has 0 aliphatic heterocycles. The van der Waals surface area contributed by atoms with E-state index >= 15 is 0 Å². The Hall–Kier alpha value is -2.66. The summed E-state index contributed by atoms with van der Waals surface area (Å²) in [6, 6.07) is 11.7. The number of rotatable bonds is 5. The van der Waals surface area contributed by atoms with Gasteiger partial charge in [0.05, 0.1) is 7.11 Å². The number of ether oxygens (including phenoxy) is 1. The van der Waals surface area contributed by atoms with E-state index in [1.807, 2.05) is 63.4 Å². The molecule has 0 aliphatic carbocycles. The first-order chi connectivity index (χ1) is 12.9. The molecule has 0 saturated carbocycles. The van der Waals surface area contributed by atoms with Gasteiger partial charge in [0.1, 0.15) is 17.1 Å². The molecule has 0 atom stereocenters. The van der Waals surface area contributed by atoms with E-state index in [0.717, 1.165) is 44.0 Å². The van der Waals surface area contributed by atoms with Gasteiger partial charge in [0.25, 0.3) is 0 Å². The molecule has 5 heteroatoms. The summed E-state index contributed by atoms with van der Waals surface area (Å²) in [6.45, 7) is 5.88. The molecular formula is C22H23NO3S. The predicted molar refractivity (Wildman–Crippen MR) is 113 cm³/mol. The summed E-state index contributed by atoms with van der Waals surface area (Å²) in [5.74, 6) is 1.39. The molecule has 27 heavy (non-hydrogen) atoms. The highest BCUT2D eigenvalue weighted by atomic mass is 32.2. The van der Waals surface area contributed by atoms with Crippen molar-refractivity contribution in [3.63, 3.8) is 0 Å². The molecule has 3 rings (SSSR count). The van der Waals surface area contributed by atoms with Crippen LogP contribution in [-0.2, 0) is 4.79 Å². The van der Waals surface area contributed by atoms with Crippen molar-refractivity contribution < 1.29 is 13.9 Å². The molecule has 4 nitrogen and oxygen atoms in total. The standard InChI is InChI=1S/C22H23NO3S/c1-13(10-22(24)23-16-6-8-17(27-5)9-7-16)18-11-19-14(2)15(3)26-21(19)12-20(18)25-4/h6-12H,1-5H3,(H,23,24)/b13-10+. The number of furan rings is 1. The quantitative estimate of drug-likeness (QED) is 0.447. The Morgan fingerprint density at radius 1 is 1.19 bits per heavy atom. The first-order valence-corrected chi connectivity index (χ1v) is 9.87. The van der Waals surface area contributed by atoms with Gasteiger partial charge in [-0.3, -0.25) is 4.79 Å². The van der Waals surface area contributed by atoms with Crippen LogP contribution in [0.2, 0.25) is 0 Å². The normalized spacial score (nSPS) is 11.7. The van der Waals surface area contributed by atoms with Crippen LogP contribution in [0.15, 0.2) is 51.8 Å². The van der Waals surface area contributed by atoms with E-state index in [1.54, 1.807) is 24.9 Å². The number of fused-ring (bicyclic) bond motifs is 1. The number of hydrogen-bond donors (Lipinski definition) is 1. The van der Waals surface area contributed by atoms with Gasteiger partial charge in [-0.1, -0.05) is 0 Å². The summed E-state index contributed by atoms with van der Waals surface area (Å²) in [6.07, 6.45) is 3.61. The molecule has 2 aromatic carbocycles. The van der Waals surface area contributed by atoms with Crippen molar-refractivity contribution in [3.05, 3.63) is 59.4 Å². The average Bonchev–Trinajstić information content (AvgIpc) is 2.94. The molecule has 140 valence electrons. The maximum absolute atomic E-state index is 12.4. The fraction of sp³-hybridized carbons (Fsp3) is 0.227. The van der Waals surface area contributed by atoms with Crippen molar-refractivity contribution in [3.8, 4) is 5.75 Å². The van der Waals surface area contributed by atoms with E-state index in [1.165, 1.54) is 0 Å². The third-order valence-corrected chi connectivity index (χ3v) is 5.37. The second-order valence-corrected chi connectivity index (χ2v) is 7.26. The van der Waals surface area contributed by atoms with Crippen LogP contribution in [0.3, 0.4) is 0 Å². The second-order valence-electron chi connectivity index (χ2n) is 6.38. The zero-order chi connectivity index (χ0) is 19.6. The number of nitrogens with one attached hydrogen (secondary N) is 1. The third kappa shape index (κ3) is 4.03. The van der Waals surface area contributed by atoms with Gasteiger partial charge in [-0.2, -0.15) is 0 Å². The van der Waals surface area contributed by atoms with E-state index in [2.05, 4.69) is 5.32 Å². The number of benzene rings is 2. The number of methoxy groups -OCH3 is 1. The third-order valence-electron chi connectivity index (χ3n) is 4.63. The van der Waals surface area contributed by atoms with Crippen molar-refractivity contribution in [2.45, 2.75) is 25.7 Å². The number of allylic oxidation sites excluding steroid dienone is 1. The zero-order valence-corrected chi connectivity index (χ0v) is 17.0. The fourth-order valence-electron chi connectivity index (χ4n) is 2.97. The van der Waals surface area contributed by atoms with Crippen molar-refractivity contribution in [2.75, 3.05) is 18.7 Å². The predicted octanol–water partition coefficient (Wildman–Crippen LogP) is 5.82. The lowest BCUT2D eigenvalue weighted by Gasteiger charge is -2.10. The topological polar surface area (TPSA) is 51.5 Å². The van der Waals surface area contributed by atoms with E-state index in [9.17, 15) is 4.79 Å². The SMILES string of the molecule is COc1cc2oc(C)c(C)c2cc1/C(C)=C/C(=O)Nc1ccc(SC)cc1. The Balaban J connectivity index is 1.89. The summed E-state index contributed by atoms with van der Waals surface area (Å²) < 4.78 is 11.3. The van der Waals surface area contributed by atoms with Crippen LogP contribution >= 0.6 is 11.8 Å². The molecule has 1 aromatic heterocycles. The minimum atomic E-state index is -0.174. The van der Waals surface area contributed by atoms with Gasteiger partial charge in [0.15, 0.2) is 0 Å². The Kier molecular flexibility index (Phi) is 5.61. The van der Waals surface area contributed by atoms with E-state index in [0.29, 0.717) is 5.75 Å². The zero-order valence-electron chi connectivity index (χ0n) is 16.2. The molecule has 0 bridgehead atoms. The number of aryl methyl sites for hydroxylation is 2. The largest absolute Gasteiger partial charge is 0.496 e. The summed E-state index contributed by atoms with van der Waals surface area (Å²) in [4.78, 5) is 13.6. The van der Waals surface area contributed by atoms with Crippen LogP contribution in [0, 0.1) is 13.8 Å². The van der Waals surface area contributed by atoms with Gasteiger partial charge in [0, 0.05) is 33.7 Å². The number of carbonyl (C=O) groups excluding carboxylic acids is 1. The highest BCUT2D eigenvalue weighted by Gasteiger charge is 2.14. The van der Waals surface area contributed by atoms with Gasteiger partial charge in [-0.15, -0.1) is 11.8 Å². The molecule has 0 spiro atoms. The average molecular weight is 381 g/mol. The lowest BCUT2D eigenvalue weighted by atomic mass is 10.0. The maximum atomic E-state index is 12.4. The van der Waals surface area contributed by atoms with Crippen LogP contribution in [-0.4, -0.2) is 19.3 Å².